The number of hydrogen-bond donors (Lipinski definition) is 0. The second-order valence-electron chi connectivity index (χ2n) is 0.781. The lowest BCUT2D eigenvalue weighted by atomic mass is 10.8. The minimum absolute atomic E-state index is 0.0790. The molecule has 0 aromatic rings. The third kappa shape index (κ3) is 5.14. The van der Waals surface area contributed by atoms with E-state index in [-0.39, 0.29) is 6.61 Å². The normalized spacial score (nSPS) is 9.29. The van der Waals surface area contributed by atoms with Crippen LogP contribution < -0.4 is 0 Å². The molecule has 0 saturated carbocycles. The molecule has 0 aliphatic rings. The molecular formula is C4H6NO2. The van der Waals surface area contributed by atoms with Gasteiger partial charge in [0.05, 0.1) is 0 Å². The highest BCUT2D eigenvalue weighted by atomic mass is 16.6. The molecule has 0 unspecified atom stereocenters. The van der Waals surface area contributed by atoms with Crippen molar-refractivity contribution in [1.29, 1.82) is 0 Å². The average Bonchev–Trinajstić information content (AvgIpc) is 1.69. The Morgan fingerprint density at radius 1 is 2.00 bits per heavy atom. The van der Waals surface area contributed by atoms with E-state index >= 15 is 0 Å². The largest absolute Gasteiger partial charge is 0.388 e. The van der Waals surface area contributed by atoms with E-state index in [1.54, 1.807) is 6.92 Å². The second-order valence-corrected chi connectivity index (χ2v) is 0.781. The van der Waals surface area contributed by atoms with Gasteiger partial charge in [0.2, 0.25) is 6.29 Å². The number of rotatable bonds is 3. The molecule has 0 aromatic carbocycles. The minimum Gasteiger partial charge on any atom is -0.388 e. The van der Waals surface area contributed by atoms with Crippen molar-refractivity contribution in [2.45, 2.75) is 6.92 Å². The van der Waals surface area contributed by atoms with E-state index in [0.717, 1.165) is 0 Å². The van der Waals surface area contributed by atoms with Gasteiger partial charge >= 0.3 is 0 Å². The third-order valence-electron chi connectivity index (χ3n) is 0.303. The first-order chi connectivity index (χ1) is 3.41. The quantitative estimate of drug-likeness (QED) is 0.287. The second kappa shape index (κ2) is 5.14. The molecule has 0 spiro atoms. The lowest BCUT2D eigenvalue weighted by molar-refractivity contribution is 0.183. The highest BCUT2D eigenvalue weighted by molar-refractivity contribution is 5.53. The summed E-state index contributed by atoms with van der Waals surface area (Å²) in [5.41, 5.74) is 0. The van der Waals surface area contributed by atoms with Crippen LogP contribution in [-0.2, 0) is 9.63 Å². The van der Waals surface area contributed by atoms with E-state index in [1.807, 2.05) is 0 Å². The van der Waals surface area contributed by atoms with Gasteiger partial charge in [-0.2, -0.15) is 0 Å². The van der Waals surface area contributed by atoms with Gasteiger partial charge in [0, 0.05) is 6.21 Å². The van der Waals surface area contributed by atoms with Gasteiger partial charge < -0.3 is 4.84 Å². The number of oxime groups is 1. The Bertz CT molecular complexity index is 70.1. The summed E-state index contributed by atoms with van der Waals surface area (Å²) >= 11 is 0. The fraction of sp³-hybridized carbons (Fsp3) is 0.500. The maximum Gasteiger partial charge on any atom is 0.242 e. The summed E-state index contributed by atoms with van der Waals surface area (Å²) < 4.78 is 0. The lowest BCUT2D eigenvalue weighted by Crippen LogP contribution is -1.85. The summed E-state index contributed by atoms with van der Waals surface area (Å²) in [6, 6.07) is 0. The van der Waals surface area contributed by atoms with Crippen LogP contribution in [0.1, 0.15) is 6.92 Å². The van der Waals surface area contributed by atoms with Crippen LogP contribution in [0.4, 0.5) is 0 Å². The highest BCUT2D eigenvalue weighted by Gasteiger charge is 1.72. The first-order valence-corrected chi connectivity index (χ1v) is 1.86. The number of carbonyl (C=O) groups excluding carboxylic acids is 1. The molecule has 0 aromatic heterocycles. The van der Waals surface area contributed by atoms with E-state index < -0.39 is 0 Å². The topological polar surface area (TPSA) is 38.7 Å². The molecular weight excluding hydrogens is 94.0 g/mol. The lowest BCUT2D eigenvalue weighted by Gasteiger charge is -1.83. The summed E-state index contributed by atoms with van der Waals surface area (Å²) in [6.45, 7) is 1.62. The van der Waals surface area contributed by atoms with E-state index in [1.165, 1.54) is 12.5 Å². The van der Waals surface area contributed by atoms with Gasteiger partial charge in [0.15, 0.2) is 6.61 Å². The molecule has 0 aliphatic carbocycles. The fourth-order valence-corrected chi connectivity index (χ4v) is 0.138. The molecule has 0 fully saturated rings. The van der Waals surface area contributed by atoms with Crippen molar-refractivity contribution >= 4 is 12.5 Å². The molecule has 0 rings (SSSR count). The van der Waals surface area contributed by atoms with Crippen LogP contribution in [0, 0.1) is 0 Å². The monoisotopic (exact) mass is 100 g/mol. The van der Waals surface area contributed by atoms with Crippen LogP contribution in [-0.4, -0.2) is 19.1 Å². The molecule has 0 N–H and O–H groups in total. The molecule has 0 atom stereocenters. The van der Waals surface area contributed by atoms with E-state index in [4.69, 9.17) is 0 Å². The van der Waals surface area contributed by atoms with Gasteiger partial charge in [-0.25, -0.2) is 0 Å². The van der Waals surface area contributed by atoms with E-state index in [0.29, 0.717) is 0 Å². The number of hydrogen-bond acceptors (Lipinski definition) is 3. The molecule has 1 radical (unpaired) electrons. The Balaban J connectivity index is 2.82. The Morgan fingerprint density at radius 2 is 2.71 bits per heavy atom. The van der Waals surface area contributed by atoms with E-state index in [9.17, 15) is 4.79 Å². The summed E-state index contributed by atoms with van der Waals surface area (Å²) in [6.07, 6.45) is 2.97. The van der Waals surface area contributed by atoms with Crippen molar-refractivity contribution in [3.8, 4) is 0 Å². The van der Waals surface area contributed by atoms with Crippen LogP contribution in [0.5, 0.6) is 0 Å². The number of nitrogens with zero attached hydrogens (tertiary/aromatic N) is 1. The molecule has 0 heterocycles. The molecule has 0 amide bonds. The third-order valence-corrected chi connectivity index (χ3v) is 0.303. The Hall–Kier alpha value is -0.860. The Kier molecular flexibility index (Phi) is 4.51. The molecule has 0 bridgehead atoms. The first kappa shape index (κ1) is 6.14. The van der Waals surface area contributed by atoms with Gasteiger partial charge in [-0.05, 0) is 6.92 Å². The molecule has 7 heavy (non-hydrogen) atoms. The minimum atomic E-state index is -0.0790. The van der Waals surface area contributed by atoms with E-state index in [2.05, 4.69) is 9.99 Å². The van der Waals surface area contributed by atoms with Crippen LogP contribution >= 0.6 is 0 Å². The van der Waals surface area contributed by atoms with Crippen LogP contribution in [0.3, 0.4) is 0 Å². The van der Waals surface area contributed by atoms with Crippen molar-refractivity contribution in [2.24, 2.45) is 5.16 Å². The summed E-state index contributed by atoms with van der Waals surface area (Å²) in [5.74, 6) is 0. The van der Waals surface area contributed by atoms with Gasteiger partial charge in [-0.1, -0.05) is 5.16 Å². The van der Waals surface area contributed by atoms with Crippen molar-refractivity contribution in [3.63, 3.8) is 0 Å². The highest BCUT2D eigenvalue weighted by Crippen LogP contribution is 1.66. The Labute approximate surface area is 42.0 Å². The maximum absolute atomic E-state index is 9.36. The van der Waals surface area contributed by atoms with Crippen LogP contribution in [0.15, 0.2) is 5.16 Å². The van der Waals surface area contributed by atoms with Crippen molar-refractivity contribution < 1.29 is 9.63 Å². The van der Waals surface area contributed by atoms with Crippen molar-refractivity contribution in [1.82, 2.24) is 0 Å². The average molecular weight is 100 g/mol. The van der Waals surface area contributed by atoms with Gasteiger partial charge in [0.25, 0.3) is 0 Å². The smallest absolute Gasteiger partial charge is 0.242 e. The maximum atomic E-state index is 9.36. The SMILES string of the molecule is CC=NOC[C]=O. The molecule has 3 heteroatoms. The predicted octanol–water partition coefficient (Wildman–Crippen LogP) is 0.118. The summed E-state index contributed by atoms with van der Waals surface area (Å²) in [7, 11) is 0. The van der Waals surface area contributed by atoms with Gasteiger partial charge in [0.1, 0.15) is 0 Å². The van der Waals surface area contributed by atoms with Gasteiger partial charge in [-0.3, -0.25) is 4.79 Å². The Morgan fingerprint density at radius 3 is 3.14 bits per heavy atom. The zero-order valence-electron chi connectivity index (χ0n) is 4.05. The van der Waals surface area contributed by atoms with Crippen LogP contribution in [0.2, 0.25) is 0 Å². The zero-order chi connectivity index (χ0) is 5.54. The van der Waals surface area contributed by atoms with Gasteiger partial charge in [-0.15, -0.1) is 0 Å². The summed E-state index contributed by atoms with van der Waals surface area (Å²) in [5, 5.41) is 3.27. The first-order valence-electron chi connectivity index (χ1n) is 1.86. The molecule has 3 nitrogen and oxygen atoms in total. The molecule has 0 saturated heterocycles. The molecule has 39 valence electrons. The standard InChI is InChI=1S/C4H6NO2/c1-2-5-7-4-3-6/h2H,4H2,1H3. The zero-order valence-corrected chi connectivity index (χ0v) is 4.05. The van der Waals surface area contributed by atoms with Crippen molar-refractivity contribution in [2.75, 3.05) is 6.61 Å². The van der Waals surface area contributed by atoms with Crippen LogP contribution in [0.25, 0.3) is 0 Å². The molecule has 0 aliphatic heterocycles. The summed E-state index contributed by atoms with van der Waals surface area (Å²) in [4.78, 5) is 13.6. The fourth-order valence-electron chi connectivity index (χ4n) is 0.138. The van der Waals surface area contributed by atoms with Crippen molar-refractivity contribution in [3.05, 3.63) is 0 Å². The predicted molar refractivity (Wildman–Crippen MR) is 25.8 cm³/mol.